The highest BCUT2D eigenvalue weighted by molar-refractivity contribution is 5.27. The van der Waals surface area contributed by atoms with Crippen LogP contribution in [0.1, 0.15) is 50.2 Å². The van der Waals surface area contributed by atoms with Gasteiger partial charge in [-0.05, 0) is 35.3 Å². The topological polar surface area (TPSA) is 9.23 Å². The minimum atomic E-state index is 0.626. The number of benzene rings is 1. The Bertz CT molecular complexity index is 326. The van der Waals surface area contributed by atoms with Gasteiger partial charge in [-0.3, -0.25) is 0 Å². The summed E-state index contributed by atoms with van der Waals surface area (Å²) in [5.41, 5.74) is 2.92. The van der Waals surface area contributed by atoms with E-state index in [1.165, 1.54) is 17.5 Å². The van der Waals surface area contributed by atoms with E-state index in [1.807, 2.05) is 0 Å². The van der Waals surface area contributed by atoms with Crippen LogP contribution in [-0.2, 0) is 4.74 Å². The molecule has 1 aromatic rings. The van der Waals surface area contributed by atoms with Crippen molar-refractivity contribution in [3.05, 3.63) is 35.4 Å². The molecule has 0 amide bonds. The summed E-state index contributed by atoms with van der Waals surface area (Å²) in [4.78, 5) is 0. The zero-order valence-corrected chi connectivity index (χ0v) is 10.6. The van der Waals surface area contributed by atoms with E-state index < -0.39 is 0 Å². The van der Waals surface area contributed by atoms with Gasteiger partial charge in [0.15, 0.2) is 0 Å². The predicted molar refractivity (Wildman–Crippen MR) is 67.9 cm³/mol. The molecule has 0 radical (unpaired) electrons. The van der Waals surface area contributed by atoms with Crippen molar-refractivity contribution in [2.24, 2.45) is 5.92 Å². The Kier molecular flexibility index (Phi) is 3.65. The average molecular weight is 218 g/mol. The third kappa shape index (κ3) is 2.46. The van der Waals surface area contributed by atoms with Gasteiger partial charge in [-0.1, -0.05) is 45.0 Å². The van der Waals surface area contributed by atoms with E-state index in [9.17, 15) is 0 Å². The van der Waals surface area contributed by atoms with Crippen molar-refractivity contribution in [2.45, 2.75) is 39.0 Å². The van der Waals surface area contributed by atoms with E-state index in [2.05, 4.69) is 45.0 Å². The molecule has 0 spiro atoms. The molecule has 1 heterocycles. The highest BCUT2D eigenvalue weighted by Crippen LogP contribution is 2.32. The monoisotopic (exact) mass is 218 g/mol. The summed E-state index contributed by atoms with van der Waals surface area (Å²) in [6.07, 6.45) is 1.17. The van der Waals surface area contributed by atoms with Gasteiger partial charge in [0, 0.05) is 13.2 Å². The van der Waals surface area contributed by atoms with Crippen LogP contribution < -0.4 is 0 Å². The smallest absolute Gasteiger partial charge is 0.0497 e. The van der Waals surface area contributed by atoms with Crippen LogP contribution in [0, 0.1) is 5.92 Å². The fraction of sp³-hybridized carbons (Fsp3) is 0.600. The average Bonchev–Trinajstić information content (AvgIpc) is 2.30. The Morgan fingerprint density at radius 2 is 1.88 bits per heavy atom. The first-order chi connectivity index (χ1) is 7.68. The van der Waals surface area contributed by atoms with Crippen molar-refractivity contribution in [3.8, 4) is 0 Å². The van der Waals surface area contributed by atoms with E-state index in [-0.39, 0.29) is 0 Å². The Hall–Kier alpha value is -0.820. The van der Waals surface area contributed by atoms with Gasteiger partial charge in [-0.25, -0.2) is 0 Å². The molecule has 88 valence electrons. The second kappa shape index (κ2) is 5.01. The molecule has 1 saturated heterocycles. The minimum Gasteiger partial charge on any atom is -0.381 e. The second-order valence-corrected chi connectivity index (χ2v) is 5.27. The van der Waals surface area contributed by atoms with Gasteiger partial charge in [-0.15, -0.1) is 0 Å². The van der Waals surface area contributed by atoms with Gasteiger partial charge in [0.2, 0.25) is 0 Å². The van der Waals surface area contributed by atoms with Crippen LogP contribution in [0.4, 0.5) is 0 Å². The van der Waals surface area contributed by atoms with Crippen LogP contribution in [0.3, 0.4) is 0 Å². The summed E-state index contributed by atoms with van der Waals surface area (Å²) < 4.78 is 5.50. The highest BCUT2D eigenvalue weighted by Gasteiger charge is 2.23. The van der Waals surface area contributed by atoms with E-state index in [0.717, 1.165) is 13.2 Å². The third-order valence-electron chi connectivity index (χ3n) is 3.67. The minimum absolute atomic E-state index is 0.626. The van der Waals surface area contributed by atoms with Crippen molar-refractivity contribution in [2.75, 3.05) is 13.2 Å². The summed E-state index contributed by atoms with van der Waals surface area (Å²) in [7, 11) is 0. The Balaban J connectivity index is 2.14. The first kappa shape index (κ1) is 11.7. The van der Waals surface area contributed by atoms with E-state index in [1.54, 1.807) is 0 Å². The van der Waals surface area contributed by atoms with Crippen molar-refractivity contribution < 1.29 is 4.74 Å². The summed E-state index contributed by atoms with van der Waals surface area (Å²) >= 11 is 0. The van der Waals surface area contributed by atoms with Gasteiger partial charge >= 0.3 is 0 Å². The van der Waals surface area contributed by atoms with E-state index >= 15 is 0 Å². The number of ether oxygens (including phenoxy) is 1. The molecule has 1 aliphatic rings. The standard InChI is InChI=1S/C15H22O/c1-11(2)13-4-6-14(7-5-13)15-8-9-16-10-12(15)3/h4-7,11-12,15H,8-10H2,1-3H3. The molecule has 0 bridgehead atoms. The molecular weight excluding hydrogens is 196 g/mol. The predicted octanol–water partition coefficient (Wildman–Crippen LogP) is 3.95. The molecule has 1 aliphatic heterocycles. The van der Waals surface area contributed by atoms with Gasteiger partial charge in [0.1, 0.15) is 0 Å². The van der Waals surface area contributed by atoms with Crippen LogP contribution in [0.25, 0.3) is 0 Å². The van der Waals surface area contributed by atoms with Crippen LogP contribution in [-0.4, -0.2) is 13.2 Å². The Labute approximate surface area is 98.8 Å². The van der Waals surface area contributed by atoms with E-state index in [4.69, 9.17) is 4.74 Å². The lowest BCUT2D eigenvalue weighted by molar-refractivity contribution is 0.0473. The molecule has 1 aromatic carbocycles. The molecule has 2 rings (SSSR count). The fourth-order valence-electron chi connectivity index (χ4n) is 2.50. The second-order valence-electron chi connectivity index (χ2n) is 5.27. The zero-order chi connectivity index (χ0) is 11.5. The quantitative estimate of drug-likeness (QED) is 0.730. The summed E-state index contributed by atoms with van der Waals surface area (Å²) in [5.74, 6) is 1.97. The van der Waals surface area contributed by atoms with Gasteiger partial charge < -0.3 is 4.74 Å². The van der Waals surface area contributed by atoms with Crippen LogP contribution >= 0.6 is 0 Å². The molecular formula is C15H22O. The number of hydrogen-bond acceptors (Lipinski definition) is 1. The maximum Gasteiger partial charge on any atom is 0.0497 e. The molecule has 1 fully saturated rings. The summed E-state index contributed by atoms with van der Waals surface area (Å²) in [5, 5.41) is 0. The highest BCUT2D eigenvalue weighted by atomic mass is 16.5. The largest absolute Gasteiger partial charge is 0.381 e. The third-order valence-corrected chi connectivity index (χ3v) is 3.67. The lowest BCUT2D eigenvalue weighted by atomic mass is 9.83. The molecule has 16 heavy (non-hydrogen) atoms. The van der Waals surface area contributed by atoms with Crippen molar-refractivity contribution in [1.82, 2.24) is 0 Å². The normalized spacial score (nSPS) is 26.0. The zero-order valence-electron chi connectivity index (χ0n) is 10.6. The first-order valence-electron chi connectivity index (χ1n) is 6.36. The van der Waals surface area contributed by atoms with Gasteiger partial charge in [0.25, 0.3) is 0 Å². The molecule has 0 saturated carbocycles. The summed E-state index contributed by atoms with van der Waals surface area (Å²) in [6, 6.07) is 9.17. The maximum absolute atomic E-state index is 5.50. The maximum atomic E-state index is 5.50. The van der Waals surface area contributed by atoms with Crippen LogP contribution in [0.2, 0.25) is 0 Å². The molecule has 0 aromatic heterocycles. The summed E-state index contributed by atoms with van der Waals surface area (Å²) in [6.45, 7) is 8.61. The van der Waals surface area contributed by atoms with Gasteiger partial charge in [0.05, 0.1) is 0 Å². The molecule has 0 aliphatic carbocycles. The fourth-order valence-corrected chi connectivity index (χ4v) is 2.50. The van der Waals surface area contributed by atoms with E-state index in [0.29, 0.717) is 17.8 Å². The van der Waals surface area contributed by atoms with Crippen LogP contribution in [0.15, 0.2) is 24.3 Å². The van der Waals surface area contributed by atoms with Crippen molar-refractivity contribution in [3.63, 3.8) is 0 Å². The lowest BCUT2D eigenvalue weighted by Gasteiger charge is -2.29. The lowest BCUT2D eigenvalue weighted by Crippen LogP contribution is -2.23. The molecule has 1 nitrogen and oxygen atoms in total. The van der Waals surface area contributed by atoms with Gasteiger partial charge in [-0.2, -0.15) is 0 Å². The first-order valence-corrected chi connectivity index (χ1v) is 6.36. The number of hydrogen-bond donors (Lipinski definition) is 0. The SMILES string of the molecule is CC(C)c1ccc(C2CCOCC2C)cc1. The van der Waals surface area contributed by atoms with Crippen molar-refractivity contribution >= 4 is 0 Å². The molecule has 0 N–H and O–H groups in total. The van der Waals surface area contributed by atoms with Crippen molar-refractivity contribution in [1.29, 1.82) is 0 Å². The molecule has 2 atom stereocenters. The number of rotatable bonds is 2. The Morgan fingerprint density at radius 1 is 1.19 bits per heavy atom. The van der Waals surface area contributed by atoms with Crippen LogP contribution in [0.5, 0.6) is 0 Å². The Morgan fingerprint density at radius 3 is 2.44 bits per heavy atom. The molecule has 1 heteroatoms. The molecule has 2 unspecified atom stereocenters.